The van der Waals surface area contributed by atoms with Gasteiger partial charge in [-0.25, -0.2) is 0 Å². The highest BCUT2D eigenvalue weighted by molar-refractivity contribution is 6.31. The number of ether oxygens (including phenoxy) is 2. The number of rotatable bonds is 6. The van der Waals surface area contributed by atoms with Gasteiger partial charge in [-0.3, -0.25) is 9.59 Å². The monoisotopic (exact) mass is 456 g/mol. The number of aromatic nitrogens is 1. The molecule has 0 unspecified atom stereocenters. The van der Waals surface area contributed by atoms with Gasteiger partial charge in [0.1, 0.15) is 18.0 Å². The second-order valence-electron chi connectivity index (χ2n) is 7.87. The van der Waals surface area contributed by atoms with Crippen molar-refractivity contribution in [1.29, 1.82) is 0 Å². The standard InChI is InChI=1S/C24H25ClN2O5/c1-31-20-4-3-5-21(32-2)23(20)15-8-10-26(11-9-15)24(30)18-13-27(14-22(28)29)19-12-16(25)6-7-17(18)19/h3-7,12-13,15H,8-11,14H2,1-2H3,(H,28,29). The molecule has 1 aliphatic rings. The molecular formula is C24H25ClN2O5. The molecule has 168 valence electrons. The van der Waals surface area contributed by atoms with Crippen LogP contribution in [0.4, 0.5) is 0 Å². The van der Waals surface area contributed by atoms with Gasteiger partial charge in [-0.1, -0.05) is 23.7 Å². The number of benzene rings is 2. The van der Waals surface area contributed by atoms with Gasteiger partial charge in [-0.05, 0) is 43.0 Å². The van der Waals surface area contributed by atoms with E-state index in [2.05, 4.69) is 0 Å². The third-order valence-electron chi connectivity index (χ3n) is 6.04. The van der Waals surface area contributed by atoms with Gasteiger partial charge in [-0.15, -0.1) is 0 Å². The first kappa shape index (κ1) is 22.0. The van der Waals surface area contributed by atoms with E-state index in [9.17, 15) is 14.7 Å². The van der Waals surface area contributed by atoms with E-state index in [1.54, 1.807) is 43.2 Å². The molecule has 0 radical (unpaired) electrons. The molecule has 4 rings (SSSR count). The molecule has 1 N–H and O–H groups in total. The van der Waals surface area contributed by atoms with Gasteiger partial charge in [0, 0.05) is 35.3 Å². The van der Waals surface area contributed by atoms with E-state index in [1.165, 1.54) is 0 Å². The number of hydrogen-bond acceptors (Lipinski definition) is 4. The number of hydrogen-bond donors (Lipinski definition) is 1. The highest BCUT2D eigenvalue weighted by atomic mass is 35.5. The molecule has 0 saturated carbocycles. The van der Waals surface area contributed by atoms with Crippen LogP contribution in [0.25, 0.3) is 10.9 Å². The number of amides is 1. The summed E-state index contributed by atoms with van der Waals surface area (Å²) in [7, 11) is 3.30. The molecule has 1 amide bonds. The Morgan fingerprint density at radius 3 is 2.34 bits per heavy atom. The van der Waals surface area contributed by atoms with Gasteiger partial charge in [0.25, 0.3) is 5.91 Å². The summed E-state index contributed by atoms with van der Waals surface area (Å²) >= 11 is 6.11. The van der Waals surface area contributed by atoms with Crippen molar-refractivity contribution in [2.75, 3.05) is 27.3 Å². The van der Waals surface area contributed by atoms with E-state index in [-0.39, 0.29) is 18.4 Å². The van der Waals surface area contributed by atoms with Crippen LogP contribution in [0.15, 0.2) is 42.6 Å². The van der Waals surface area contributed by atoms with E-state index < -0.39 is 5.97 Å². The molecule has 8 heteroatoms. The van der Waals surface area contributed by atoms with E-state index >= 15 is 0 Å². The normalized spacial score (nSPS) is 14.5. The maximum atomic E-state index is 13.4. The molecule has 0 aliphatic carbocycles. The fourth-order valence-electron chi connectivity index (χ4n) is 4.54. The van der Waals surface area contributed by atoms with Crippen molar-refractivity contribution in [3.05, 3.63) is 58.7 Å². The Kier molecular flexibility index (Phi) is 6.28. The molecule has 0 atom stereocenters. The van der Waals surface area contributed by atoms with Gasteiger partial charge in [0.2, 0.25) is 0 Å². The first-order valence-electron chi connectivity index (χ1n) is 10.4. The lowest BCUT2D eigenvalue weighted by atomic mass is 9.88. The Morgan fingerprint density at radius 1 is 1.09 bits per heavy atom. The summed E-state index contributed by atoms with van der Waals surface area (Å²) in [6.45, 7) is 0.938. The van der Waals surface area contributed by atoms with Crippen molar-refractivity contribution in [2.24, 2.45) is 0 Å². The summed E-state index contributed by atoms with van der Waals surface area (Å²) in [4.78, 5) is 26.5. The smallest absolute Gasteiger partial charge is 0.323 e. The minimum atomic E-state index is -0.979. The van der Waals surface area contributed by atoms with Crippen LogP contribution in [-0.2, 0) is 11.3 Å². The lowest BCUT2D eigenvalue weighted by Crippen LogP contribution is -2.38. The number of carbonyl (C=O) groups is 2. The van der Waals surface area contributed by atoms with Crippen LogP contribution in [-0.4, -0.2) is 53.8 Å². The zero-order valence-electron chi connectivity index (χ0n) is 18.0. The molecule has 1 fully saturated rings. The number of carbonyl (C=O) groups excluding carboxylic acids is 1. The number of piperidine rings is 1. The fourth-order valence-corrected chi connectivity index (χ4v) is 4.70. The molecule has 0 bridgehead atoms. The summed E-state index contributed by atoms with van der Waals surface area (Å²) in [6.07, 6.45) is 3.18. The van der Waals surface area contributed by atoms with Crippen molar-refractivity contribution in [2.45, 2.75) is 25.3 Å². The SMILES string of the molecule is COc1cccc(OC)c1C1CCN(C(=O)c2cn(CC(=O)O)c3cc(Cl)ccc23)CC1. The number of carboxylic acid groups (broad SMARTS) is 1. The Hall–Kier alpha value is -3.19. The van der Waals surface area contributed by atoms with Crippen LogP contribution < -0.4 is 9.47 Å². The number of halogens is 1. The van der Waals surface area contributed by atoms with Crippen LogP contribution in [0.2, 0.25) is 5.02 Å². The van der Waals surface area contributed by atoms with Crippen LogP contribution in [0, 0.1) is 0 Å². The average Bonchev–Trinajstić information content (AvgIpc) is 3.14. The number of likely N-dealkylation sites (tertiary alicyclic amines) is 1. The third-order valence-corrected chi connectivity index (χ3v) is 6.27. The molecule has 2 heterocycles. The second-order valence-corrected chi connectivity index (χ2v) is 8.31. The molecule has 3 aromatic rings. The highest BCUT2D eigenvalue weighted by Crippen LogP contribution is 2.40. The number of nitrogens with zero attached hydrogens (tertiary/aromatic N) is 2. The van der Waals surface area contributed by atoms with Crippen LogP contribution >= 0.6 is 11.6 Å². The number of methoxy groups -OCH3 is 2. The lowest BCUT2D eigenvalue weighted by molar-refractivity contribution is -0.137. The Morgan fingerprint density at radius 2 is 1.75 bits per heavy atom. The molecule has 7 nitrogen and oxygen atoms in total. The van der Waals surface area contributed by atoms with E-state index in [1.807, 2.05) is 23.1 Å². The highest BCUT2D eigenvalue weighted by Gasteiger charge is 2.29. The molecule has 1 aromatic heterocycles. The third kappa shape index (κ3) is 4.12. The summed E-state index contributed by atoms with van der Waals surface area (Å²) in [6, 6.07) is 10.9. The predicted molar refractivity (Wildman–Crippen MR) is 122 cm³/mol. The van der Waals surface area contributed by atoms with Gasteiger partial charge in [0.05, 0.1) is 25.3 Å². The minimum absolute atomic E-state index is 0.105. The van der Waals surface area contributed by atoms with Crippen molar-refractivity contribution in [3.63, 3.8) is 0 Å². The molecular weight excluding hydrogens is 432 g/mol. The van der Waals surface area contributed by atoms with Crippen LogP contribution in [0.1, 0.15) is 34.7 Å². The molecule has 1 saturated heterocycles. The quantitative estimate of drug-likeness (QED) is 0.594. The minimum Gasteiger partial charge on any atom is -0.496 e. The summed E-state index contributed by atoms with van der Waals surface area (Å²) in [5.41, 5.74) is 2.17. The maximum absolute atomic E-state index is 13.4. The zero-order valence-corrected chi connectivity index (χ0v) is 18.8. The second kappa shape index (κ2) is 9.12. The Bertz CT molecular complexity index is 1140. The largest absolute Gasteiger partial charge is 0.496 e. The van der Waals surface area contributed by atoms with Gasteiger partial charge in [0.15, 0.2) is 0 Å². The van der Waals surface area contributed by atoms with Gasteiger partial charge in [-0.2, -0.15) is 0 Å². The van der Waals surface area contributed by atoms with Crippen molar-refractivity contribution in [1.82, 2.24) is 9.47 Å². The average molecular weight is 457 g/mol. The van der Waals surface area contributed by atoms with E-state index in [4.69, 9.17) is 21.1 Å². The maximum Gasteiger partial charge on any atom is 0.323 e. The van der Waals surface area contributed by atoms with Crippen LogP contribution in [0.5, 0.6) is 11.5 Å². The molecule has 2 aromatic carbocycles. The molecule has 1 aliphatic heterocycles. The zero-order chi connectivity index (χ0) is 22.8. The number of fused-ring (bicyclic) bond motifs is 1. The molecule has 32 heavy (non-hydrogen) atoms. The predicted octanol–water partition coefficient (Wildman–Crippen LogP) is 4.42. The first-order valence-corrected chi connectivity index (χ1v) is 10.8. The summed E-state index contributed by atoms with van der Waals surface area (Å²) in [5.74, 6) is 0.724. The number of aliphatic carboxylic acids is 1. The first-order chi connectivity index (χ1) is 15.4. The van der Waals surface area contributed by atoms with Crippen molar-refractivity contribution < 1.29 is 24.2 Å². The van der Waals surface area contributed by atoms with E-state index in [0.29, 0.717) is 34.6 Å². The van der Waals surface area contributed by atoms with Crippen LogP contribution in [0.3, 0.4) is 0 Å². The van der Waals surface area contributed by atoms with E-state index in [0.717, 1.165) is 29.9 Å². The molecule has 0 spiro atoms. The van der Waals surface area contributed by atoms with Gasteiger partial charge < -0.3 is 24.0 Å². The Balaban J connectivity index is 1.57. The van der Waals surface area contributed by atoms with Crippen molar-refractivity contribution in [3.8, 4) is 11.5 Å². The lowest BCUT2D eigenvalue weighted by Gasteiger charge is -2.33. The number of carboxylic acids is 1. The summed E-state index contributed by atoms with van der Waals surface area (Å²) < 4.78 is 12.7. The van der Waals surface area contributed by atoms with Crippen molar-refractivity contribution >= 4 is 34.4 Å². The van der Waals surface area contributed by atoms with Gasteiger partial charge >= 0.3 is 5.97 Å². The fraction of sp³-hybridized carbons (Fsp3) is 0.333. The summed E-state index contributed by atoms with van der Waals surface area (Å²) in [5, 5.41) is 10.4. The topological polar surface area (TPSA) is 81.0 Å². The Labute approximate surface area is 191 Å².